The first-order valence-electron chi connectivity index (χ1n) is 7.03. The Labute approximate surface area is 123 Å². The van der Waals surface area contributed by atoms with Gasteiger partial charge in [0, 0.05) is 43.4 Å². The summed E-state index contributed by atoms with van der Waals surface area (Å²) >= 11 is 0. The van der Waals surface area contributed by atoms with E-state index in [-0.39, 0.29) is 6.10 Å². The lowest BCUT2D eigenvalue weighted by molar-refractivity contribution is 0.120. The van der Waals surface area contributed by atoms with Crippen LogP contribution in [0.25, 0.3) is 11.1 Å². The standard InChI is InChI=1S/C15H18N4O2/c1-20-14-7-11(4-5-16-14)12-8-17-15(18-9-12)19-10-13-3-2-6-21-13/h4-5,7-9,13H,2-3,6,10H2,1H3,(H,17,18,19). The summed E-state index contributed by atoms with van der Waals surface area (Å²) in [6, 6.07) is 3.76. The summed E-state index contributed by atoms with van der Waals surface area (Å²) in [6.07, 6.45) is 7.80. The first kappa shape index (κ1) is 13.8. The second-order valence-electron chi connectivity index (χ2n) is 4.90. The van der Waals surface area contributed by atoms with Gasteiger partial charge < -0.3 is 14.8 Å². The molecular formula is C15H18N4O2. The van der Waals surface area contributed by atoms with E-state index in [1.165, 1.54) is 0 Å². The van der Waals surface area contributed by atoms with Gasteiger partial charge >= 0.3 is 0 Å². The predicted octanol–water partition coefficient (Wildman–Crippen LogP) is 2.14. The van der Waals surface area contributed by atoms with Gasteiger partial charge in [-0.05, 0) is 24.5 Å². The van der Waals surface area contributed by atoms with Crippen molar-refractivity contribution in [1.29, 1.82) is 0 Å². The van der Waals surface area contributed by atoms with Gasteiger partial charge in [-0.2, -0.15) is 0 Å². The molecule has 0 aromatic carbocycles. The molecule has 21 heavy (non-hydrogen) atoms. The molecule has 6 nitrogen and oxygen atoms in total. The van der Waals surface area contributed by atoms with Crippen molar-refractivity contribution in [2.45, 2.75) is 18.9 Å². The zero-order valence-corrected chi connectivity index (χ0v) is 12.0. The first-order valence-corrected chi connectivity index (χ1v) is 7.03. The van der Waals surface area contributed by atoms with Gasteiger partial charge in [-0.1, -0.05) is 0 Å². The Morgan fingerprint density at radius 3 is 2.86 bits per heavy atom. The van der Waals surface area contributed by atoms with Gasteiger partial charge in [-0.25, -0.2) is 15.0 Å². The third-order valence-corrected chi connectivity index (χ3v) is 3.44. The Hall–Kier alpha value is -2.21. The van der Waals surface area contributed by atoms with E-state index in [2.05, 4.69) is 20.3 Å². The average molecular weight is 286 g/mol. The zero-order valence-electron chi connectivity index (χ0n) is 12.0. The topological polar surface area (TPSA) is 69.2 Å². The summed E-state index contributed by atoms with van der Waals surface area (Å²) in [6.45, 7) is 1.61. The summed E-state index contributed by atoms with van der Waals surface area (Å²) in [5.41, 5.74) is 1.91. The molecule has 0 spiro atoms. The first-order chi connectivity index (χ1) is 10.3. The van der Waals surface area contributed by atoms with Gasteiger partial charge in [0.15, 0.2) is 0 Å². The van der Waals surface area contributed by atoms with Crippen LogP contribution in [0.2, 0.25) is 0 Å². The number of rotatable bonds is 5. The molecule has 2 aromatic heterocycles. The van der Waals surface area contributed by atoms with E-state index in [0.717, 1.165) is 37.1 Å². The fourth-order valence-electron chi connectivity index (χ4n) is 2.28. The molecule has 0 saturated carbocycles. The second kappa shape index (κ2) is 6.49. The van der Waals surface area contributed by atoms with Gasteiger partial charge in [-0.15, -0.1) is 0 Å². The zero-order chi connectivity index (χ0) is 14.5. The lowest BCUT2D eigenvalue weighted by Crippen LogP contribution is -2.19. The fourth-order valence-corrected chi connectivity index (χ4v) is 2.28. The van der Waals surface area contributed by atoms with Crippen LogP contribution in [0.1, 0.15) is 12.8 Å². The van der Waals surface area contributed by atoms with Gasteiger partial charge in [0.25, 0.3) is 0 Å². The number of hydrogen-bond acceptors (Lipinski definition) is 6. The quantitative estimate of drug-likeness (QED) is 0.908. The molecule has 0 bridgehead atoms. The van der Waals surface area contributed by atoms with Gasteiger partial charge in [0.1, 0.15) is 0 Å². The molecule has 3 heterocycles. The molecule has 1 atom stereocenters. The number of pyridine rings is 1. The largest absolute Gasteiger partial charge is 0.481 e. The van der Waals surface area contributed by atoms with Gasteiger partial charge in [-0.3, -0.25) is 0 Å². The van der Waals surface area contributed by atoms with E-state index in [4.69, 9.17) is 9.47 Å². The molecule has 6 heteroatoms. The lowest BCUT2D eigenvalue weighted by Gasteiger charge is -2.10. The molecule has 1 aliphatic rings. The number of hydrogen-bond donors (Lipinski definition) is 1. The van der Waals surface area contributed by atoms with Crippen molar-refractivity contribution in [3.05, 3.63) is 30.7 Å². The summed E-state index contributed by atoms with van der Waals surface area (Å²) in [5.74, 6) is 1.20. The summed E-state index contributed by atoms with van der Waals surface area (Å²) < 4.78 is 10.7. The predicted molar refractivity (Wildman–Crippen MR) is 79.3 cm³/mol. The van der Waals surface area contributed by atoms with Crippen LogP contribution in [0.4, 0.5) is 5.95 Å². The highest BCUT2D eigenvalue weighted by Gasteiger charge is 2.15. The molecule has 1 aliphatic heterocycles. The molecule has 2 aromatic rings. The highest BCUT2D eigenvalue weighted by molar-refractivity contribution is 5.62. The number of nitrogens with zero attached hydrogens (tertiary/aromatic N) is 3. The molecule has 0 radical (unpaired) electrons. The molecule has 3 rings (SSSR count). The van der Waals surface area contributed by atoms with Crippen LogP contribution in [-0.4, -0.2) is 41.3 Å². The minimum atomic E-state index is 0.276. The van der Waals surface area contributed by atoms with E-state index in [0.29, 0.717) is 11.8 Å². The molecule has 1 N–H and O–H groups in total. The van der Waals surface area contributed by atoms with Crippen molar-refractivity contribution in [3.8, 4) is 17.0 Å². The maximum atomic E-state index is 5.55. The van der Waals surface area contributed by atoms with Gasteiger partial charge in [0.05, 0.1) is 13.2 Å². The van der Waals surface area contributed by atoms with Crippen molar-refractivity contribution >= 4 is 5.95 Å². The minimum Gasteiger partial charge on any atom is -0.481 e. The average Bonchev–Trinajstić information content (AvgIpc) is 3.07. The summed E-state index contributed by atoms with van der Waals surface area (Å²) in [7, 11) is 1.60. The lowest BCUT2D eigenvalue weighted by atomic mass is 10.1. The van der Waals surface area contributed by atoms with Crippen LogP contribution in [0.5, 0.6) is 5.88 Å². The van der Waals surface area contributed by atoms with E-state index in [1.807, 2.05) is 12.1 Å². The second-order valence-corrected chi connectivity index (χ2v) is 4.90. The van der Waals surface area contributed by atoms with Crippen molar-refractivity contribution in [3.63, 3.8) is 0 Å². The molecular weight excluding hydrogens is 268 g/mol. The monoisotopic (exact) mass is 286 g/mol. The number of ether oxygens (including phenoxy) is 2. The number of aromatic nitrogens is 3. The Kier molecular flexibility index (Phi) is 4.25. The van der Waals surface area contributed by atoms with E-state index in [1.54, 1.807) is 25.7 Å². The highest BCUT2D eigenvalue weighted by Crippen LogP contribution is 2.21. The van der Waals surface area contributed by atoms with E-state index < -0.39 is 0 Å². The molecule has 1 unspecified atom stereocenters. The van der Waals surface area contributed by atoms with E-state index >= 15 is 0 Å². The Morgan fingerprint density at radius 2 is 2.14 bits per heavy atom. The minimum absolute atomic E-state index is 0.276. The van der Waals surface area contributed by atoms with Crippen molar-refractivity contribution in [1.82, 2.24) is 15.0 Å². The maximum absolute atomic E-state index is 5.55. The Morgan fingerprint density at radius 1 is 1.29 bits per heavy atom. The van der Waals surface area contributed by atoms with E-state index in [9.17, 15) is 0 Å². The number of anilines is 1. The van der Waals surface area contributed by atoms with Crippen LogP contribution in [0.3, 0.4) is 0 Å². The van der Waals surface area contributed by atoms with Crippen LogP contribution in [0, 0.1) is 0 Å². The number of methoxy groups -OCH3 is 1. The van der Waals surface area contributed by atoms with Crippen molar-refractivity contribution in [2.75, 3.05) is 25.6 Å². The van der Waals surface area contributed by atoms with Crippen LogP contribution in [-0.2, 0) is 4.74 Å². The number of nitrogens with one attached hydrogen (secondary N) is 1. The molecule has 1 fully saturated rings. The fraction of sp³-hybridized carbons (Fsp3) is 0.400. The molecule has 110 valence electrons. The smallest absolute Gasteiger partial charge is 0.222 e. The normalized spacial score (nSPS) is 17.7. The maximum Gasteiger partial charge on any atom is 0.222 e. The summed E-state index contributed by atoms with van der Waals surface area (Å²) in [4.78, 5) is 12.8. The molecule has 0 aliphatic carbocycles. The van der Waals surface area contributed by atoms with Crippen LogP contribution >= 0.6 is 0 Å². The molecule has 0 amide bonds. The Balaban J connectivity index is 1.65. The van der Waals surface area contributed by atoms with Crippen LogP contribution in [0.15, 0.2) is 30.7 Å². The molecule has 1 saturated heterocycles. The highest BCUT2D eigenvalue weighted by atomic mass is 16.5. The van der Waals surface area contributed by atoms with Crippen molar-refractivity contribution in [2.24, 2.45) is 0 Å². The van der Waals surface area contributed by atoms with Crippen LogP contribution < -0.4 is 10.1 Å². The third kappa shape index (κ3) is 3.46. The van der Waals surface area contributed by atoms with Gasteiger partial charge in [0.2, 0.25) is 11.8 Å². The Bertz CT molecular complexity index is 582. The van der Waals surface area contributed by atoms with Crippen molar-refractivity contribution < 1.29 is 9.47 Å². The SMILES string of the molecule is COc1cc(-c2cnc(NCC3CCCO3)nc2)ccn1. The third-order valence-electron chi connectivity index (χ3n) is 3.44. The summed E-state index contributed by atoms with van der Waals surface area (Å²) in [5, 5.41) is 3.20.